The maximum Gasteiger partial charge on any atom is 0.273 e. The summed E-state index contributed by atoms with van der Waals surface area (Å²) in [6, 6.07) is 7.10. The standard InChI is InChI=1S/C17H19N3O5/c21-17(18-3-4-20-5-7-22-8-6-20)13-10-15(25-19-13)12-1-2-14-16(9-12)24-11-23-14/h1-2,9-10H,3-8,11H2,(H,18,21)/p+1. The van der Waals surface area contributed by atoms with Gasteiger partial charge in [-0.2, -0.15) is 0 Å². The third-order valence-corrected chi connectivity index (χ3v) is 4.36. The number of fused-ring (bicyclic) bond motifs is 1. The maximum atomic E-state index is 12.2. The van der Waals surface area contributed by atoms with E-state index in [4.69, 9.17) is 18.7 Å². The van der Waals surface area contributed by atoms with Gasteiger partial charge in [-0.1, -0.05) is 5.16 Å². The van der Waals surface area contributed by atoms with Crippen LogP contribution >= 0.6 is 0 Å². The molecule has 0 saturated carbocycles. The van der Waals surface area contributed by atoms with Gasteiger partial charge in [0.2, 0.25) is 6.79 Å². The lowest BCUT2D eigenvalue weighted by molar-refractivity contribution is -0.906. The molecule has 0 atom stereocenters. The minimum atomic E-state index is -0.233. The average molecular weight is 346 g/mol. The van der Waals surface area contributed by atoms with Crippen molar-refractivity contribution in [3.63, 3.8) is 0 Å². The van der Waals surface area contributed by atoms with Gasteiger partial charge < -0.3 is 29.0 Å². The predicted molar refractivity (Wildman–Crippen MR) is 86.8 cm³/mol. The topological polar surface area (TPSA) is 87.3 Å². The predicted octanol–water partition coefficient (Wildman–Crippen LogP) is -0.285. The zero-order valence-corrected chi connectivity index (χ0v) is 13.7. The Morgan fingerprint density at radius 1 is 1.16 bits per heavy atom. The normalized spacial score (nSPS) is 16.8. The number of hydrogen-bond donors (Lipinski definition) is 2. The molecule has 25 heavy (non-hydrogen) atoms. The van der Waals surface area contributed by atoms with Crippen molar-refractivity contribution in [2.45, 2.75) is 0 Å². The Kier molecular flexibility index (Phi) is 4.53. The fraction of sp³-hybridized carbons (Fsp3) is 0.412. The first-order chi connectivity index (χ1) is 12.3. The highest BCUT2D eigenvalue weighted by Gasteiger charge is 2.18. The maximum absolute atomic E-state index is 12.2. The van der Waals surface area contributed by atoms with Crippen LogP contribution in [0.4, 0.5) is 0 Å². The van der Waals surface area contributed by atoms with Crippen LogP contribution in [-0.2, 0) is 4.74 Å². The number of quaternary nitrogens is 1. The highest BCUT2D eigenvalue weighted by atomic mass is 16.7. The van der Waals surface area contributed by atoms with Gasteiger partial charge in [0, 0.05) is 11.6 Å². The SMILES string of the molecule is O=C(NCC[NH+]1CCOCC1)c1cc(-c2ccc3c(c2)OCO3)on1. The molecule has 2 aromatic rings. The summed E-state index contributed by atoms with van der Waals surface area (Å²) >= 11 is 0. The molecular weight excluding hydrogens is 326 g/mol. The minimum Gasteiger partial charge on any atom is -0.454 e. The van der Waals surface area contributed by atoms with E-state index in [1.807, 2.05) is 18.2 Å². The average Bonchev–Trinajstić information content (AvgIpc) is 3.31. The molecule has 8 nitrogen and oxygen atoms in total. The van der Waals surface area contributed by atoms with E-state index in [0.717, 1.165) is 38.4 Å². The van der Waals surface area contributed by atoms with Crippen molar-refractivity contribution in [3.8, 4) is 22.8 Å². The first-order valence-electron chi connectivity index (χ1n) is 8.36. The lowest BCUT2D eigenvalue weighted by Gasteiger charge is -2.23. The van der Waals surface area contributed by atoms with Crippen molar-refractivity contribution < 1.29 is 28.4 Å². The van der Waals surface area contributed by atoms with E-state index < -0.39 is 0 Å². The second kappa shape index (κ2) is 7.12. The number of aromatic nitrogens is 1. The molecule has 1 saturated heterocycles. The molecular formula is C17H20N3O5+. The summed E-state index contributed by atoms with van der Waals surface area (Å²) < 4.78 is 21.3. The quantitative estimate of drug-likeness (QED) is 0.774. The molecule has 2 N–H and O–H groups in total. The smallest absolute Gasteiger partial charge is 0.273 e. The third kappa shape index (κ3) is 3.59. The summed E-state index contributed by atoms with van der Waals surface area (Å²) in [4.78, 5) is 13.6. The Labute approximate surface area is 144 Å². The molecule has 3 heterocycles. The zero-order valence-electron chi connectivity index (χ0n) is 13.7. The number of nitrogens with zero attached hydrogens (tertiary/aromatic N) is 1. The number of carbonyl (C=O) groups is 1. The van der Waals surface area contributed by atoms with Gasteiger partial charge in [-0.05, 0) is 18.2 Å². The van der Waals surface area contributed by atoms with Gasteiger partial charge in [0.15, 0.2) is 23.0 Å². The lowest BCUT2D eigenvalue weighted by atomic mass is 10.1. The molecule has 1 fully saturated rings. The second-order valence-corrected chi connectivity index (χ2v) is 6.01. The Morgan fingerprint density at radius 2 is 2.00 bits per heavy atom. The van der Waals surface area contributed by atoms with Crippen molar-refractivity contribution in [3.05, 3.63) is 30.0 Å². The largest absolute Gasteiger partial charge is 0.454 e. The molecule has 2 aliphatic heterocycles. The van der Waals surface area contributed by atoms with E-state index >= 15 is 0 Å². The Balaban J connectivity index is 1.34. The molecule has 0 spiro atoms. The third-order valence-electron chi connectivity index (χ3n) is 4.36. The van der Waals surface area contributed by atoms with Gasteiger partial charge in [-0.25, -0.2) is 0 Å². The van der Waals surface area contributed by atoms with Crippen LogP contribution in [0.1, 0.15) is 10.5 Å². The van der Waals surface area contributed by atoms with E-state index in [1.54, 1.807) is 6.07 Å². The number of amides is 1. The van der Waals surface area contributed by atoms with E-state index in [0.29, 0.717) is 23.8 Å². The van der Waals surface area contributed by atoms with Gasteiger partial charge in [-0.3, -0.25) is 4.79 Å². The lowest BCUT2D eigenvalue weighted by Crippen LogP contribution is -3.14. The Hall–Kier alpha value is -2.58. The number of ether oxygens (including phenoxy) is 3. The molecule has 4 rings (SSSR count). The summed E-state index contributed by atoms with van der Waals surface area (Å²) in [5.74, 6) is 1.64. The van der Waals surface area contributed by atoms with Gasteiger partial charge in [0.25, 0.3) is 5.91 Å². The van der Waals surface area contributed by atoms with E-state index in [2.05, 4.69) is 10.5 Å². The van der Waals surface area contributed by atoms with Crippen LogP contribution in [0, 0.1) is 0 Å². The summed E-state index contributed by atoms with van der Waals surface area (Å²) in [7, 11) is 0. The molecule has 8 heteroatoms. The Morgan fingerprint density at radius 3 is 2.88 bits per heavy atom. The van der Waals surface area contributed by atoms with Crippen LogP contribution in [0.5, 0.6) is 11.5 Å². The fourth-order valence-corrected chi connectivity index (χ4v) is 2.92. The second-order valence-electron chi connectivity index (χ2n) is 6.01. The minimum absolute atomic E-state index is 0.216. The number of nitrogens with one attached hydrogen (secondary N) is 2. The van der Waals surface area contributed by atoms with E-state index in [1.165, 1.54) is 4.90 Å². The molecule has 0 aliphatic carbocycles. The first-order valence-corrected chi connectivity index (χ1v) is 8.36. The van der Waals surface area contributed by atoms with E-state index in [-0.39, 0.29) is 18.4 Å². The van der Waals surface area contributed by atoms with Gasteiger partial charge in [0.1, 0.15) is 13.1 Å². The monoisotopic (exact) mass is 346 g/mol. The number of hydrogen-bond acceptors (Lipinski definition) is 6. The van der Waals surface area contributed by atoms with Crippen LogP contribution in [0.15, 0.2) is 28.8 Å². The number of morpholine rings is 1. The van der Waals surface area contributed by atoms with Crippen LogP contribution in [0.3, 0.4) is 0 Å². The first kappa shape index (κ1) is 15.9. The van der Waals surface area contributed by atoms with Crippen LogP contribution in [-0.4, -0.2) is 57.2 Å². The number of rotatable bonds is 5. The summed E-state index contributed by atoms with van der Waals surface area (Å²) in [5.41, 5.74) is 1.05. The van der Waals surface area contributed by atoms with Crippen LogP contribution in [0.25, 0.3) is 11.3 Å². The summed E-state index contributed by atoms with van der Waals surface area (Å²) in [5, 5.41) is 6.75. The van der Waals surface area contributed by atoms with Crippen LogP contribution in [0.2, 0.25) is 0 Å². The molecule has 1 aromatic heterocycles. The van der Waals surface area contributed by atoms with Crippen molar-refractivity contribution in [2.75, 3.05) is 46.2 Å². The highest BCUT2D eigenvalue weighted by Crippen LogP contribution is 2.35. The van der Waals surface area contributed by atoms with Gasteiger partial charge in [-0.15, -0.1) is 0 Å². The summed E-state index contributed by atoms with van der Waals surface area (Å²) in [6.07, 6.45) is 0. The van der Waals surface area contributed by atoms with Gasteiger partial charge >= 0.3 is 0 Å². The van der Waals surface area contributed by atoms with Crippen molar-refractivity contribution >= 4 is 5.91 Å². The molecule has 0 bridgehead atoms. The molecule has 0 unspecified atom stereocenters. The molecule has 132 valence electrons. The zero-order chi connectivity index (χ0) is 17.1. The van der Waals surface area contributed by atoms with E-state index in [9.17, 15) is 4.79 Å². The van der Waals surface area contributed by atoms with Crippen molar-refractivity contribution in [1.82, 2.24) is 10.5 Å². The Bertz CT molecular complexity index is 754. The summed E-state index contributed by atoms with van der Waals surface area (Å²) in [6.45, 7) is 5.22. The van der Waals surface area contributed by atoms with Crippen molar-refractivity contribution in [2.24, 2.45) is 0 Å². The molecule has 1 aromatic carbocycles. The molecule has 0 radical (unpaired) electrons. The highest BCUT2D eigenvalue weighted by molar-refractivity contribution is 5.93. The van der Waals surface area contributed by atoms with Gasteiger partial charge in [0.05, 0.1) is 26.3 Å². The number of carbonyl (C=O) groups excluding carboxylic acids is 1. The molecule has 1 amide bonds. The van der Waals surface area contributed by atoms with Crippen molar-refractivity contribution in [1.29, 1.82) is 0 Å². The number of benzene rings is 1. The molecule has 2 aliphatic rings. The van der Waals surface area contributed by atoms with Crippen LogP contribution < -0.4 is 19.7 Å². The fourth-order valence-electron chi connectivity index (χ4n) is 2.92.